The Morgan fingerprint density at radius 3 is 2.11 bits per heavy atom. The highest BCUT2D eigenvalue weighted by molar-refractivity contribution is 8.07. The second-order valence-corrected chi connectivity index (χ2v) is 6.08. The lowest BCUT2D eigenvalue weighted by Crippen LogP contribution is -2.06. The van der Waals surface area contributed by atoms with E-state index >= 15 is 0 Å². The first kappa shape index (κ1) is 15.4. The Bertz CT molecular complexity index is 401. The molecule has 0 heterocycles. The van der Waals surface area contributed by atoms with Crippen molar-refractivity contribution < 1.29 is 18.8 Å². The van der Waals surface area contributed by atoms with E-state index in [0.717, 1.165) is 0 Å². The van der Waals surface area contributed by atoms with Gasteiger partial charge in [0, 0.05) is 11.8 Å². The maximum absolute atomic E-state index is 10.6. The Kier molecular flexibility index (Phi) is 6.01. The fraction of sp³-hybridized carbons (Fsp3) is 0.400. The summed E-state index contributed by atoms with van der Waals surface area (Å²) in [4.78, 5) is 0. The Morgan fingerprint density at radius 1 is 1.22 bits per heavy atom. The van der Waals surface area contributed by atoms with Crippen molar-refractivity contribution in [3.8, 4) is 5.75 Å². The molecule has 1 N–H and O–H groups in total. The number of hydrogen-bond donors (Lipinski definition) is 1. The van der Waals surface area contributed by atoms with Crippen molar-refractivity contribution in [2.24, 2.45) is 0 Å². The van der Waals surface area contributed by atoms with E-state index in [1.807, 2.05) is 0 Å². The van der Waals surface area contributed by atoms with Crippen molar-refractivity contribution >= 4 is 24.2 Å². The summed E-state index contributed by atoms with van der Waals surface area (Å²) < 4.78 is 16.1. The molecular weight excluding hydrogens is 277 g/mol. The van der Waals surface area contributed by atoms with Crippen molar-refractivity contribution in [3.05, 3.63) is 29.5 Å². The molecule has 0 bridgehead atoms. The Morgan fingerprint density at radius 2 is 1.72 bits per heavy atom. The van der Waals surface area contributed by atoms with Gasteiger partial charge in [0.15, 0.2) is 0 Å². The minimum Gasteiger partial charge on any atom is -0.733 e. The first-order valence-corrected chi connectivity index (χ1v) is 7.91. The third kappa shape index (κ3) is 4.53. The lowest BCUT2D eigenvalue weighted by molar-refractivity contribution is 0.218. The van der Waals surface area contributed by atoms with Crippen molar-refractivity contribution in [2.75, 3.05) is 18.4 Å². The Balaban J connectivity index is 2.78. The van der Waals surface area contributed by atoms with E-state index in [1.54, 1.807) is 13.8 Å². The molecule has 0 spiro atoms. The summed E-state index contributed by atoms with van der Waals surface area (Å²) in [5.74, 6) is 0.422. The molecule has 0 saturated carbocycles. The molecule has 18 heavy (non-hydrogen) atoms. The fourth-order valence-corrected chi connectivity index (χ4v) is 3.25. The largest absolute Gasteiger partial charge is 0.733 e. The van der Waals surface area contributed by atoms with Gasteiger partial charge in [0.1, 0.15) is 5.75 Å². The third-order valence-electron chi connectivity index (χ3n) is 1.85. The summed E-state index contributed by atoms with van der Waals surface area (Å²) in [5, 5.41) is 19.1. The normalized spacial score (nSPS) is 11.3. The van der Waals surface area contributed by atoms with Crippen LogP contribution in [0.2, 0.25) is 0 Å². The van der Waals surface area contributed by atoms with Gasteiger partial charge in [-0.25, -0.2) is 0 Å². The van der Waals surface area contributed by atoms with Crippen LogP contribution in [0.5, 0.6) is 5.75 Å². The molecule has 0 fully saturated rings. The first-order valence-electron chi connectivity index (χ1n) is 5.35. The second kappa shape index (κ2) is 7.04. The van der Waals surface area contributed by atoms with Crippen LogP contribution in [0.1, 0.15) is 13.8 Å². The minimum atomic E-state index is -2.80. The van der Waals surface area contributed by atoms with Crippen LogP contribution < -0.4 is 9.75 Å². The van der Waals surface area contributed by atoms with Gasteiger partial charge in [-0.1, -0.05) is 0 Å². The van der Waals surface area contributed by atoms with Crippen molar-refractivity contribution in [2.45, 2.75) is 13.8 Å². The van der Waals surface area contributed by atoms with E-state index in [4.69, 9.17) is 30.6 Å². The molecule has 8 heteroatoms. The molecule has 0 unspecified atom stereocenters. The number of anilines is 1. The second-order valence-electron chi connectivity index (χ2n) is 3.14. The van der Waals surface area contributed by atoms with Gasteiger partial charge in [0.2, 0.25) is 0 Å². The summed E-state index contributed by atoms with van der Waals surface area (Å²) in [6.45, 7) is 1.58. The monoisotopic (exact) mass is 292 g/mol. The predicted molar refractivity (Wildman–Crippen MR) is 72.2 cm³/mol. The lowest BCUT2D eigenvalue weighted by atomic mass is 10.3. The Hall–Kier alpha value is -0.690. The van der Waals surface area contributed by atoms with E-state index in [9.17, 15) is 5.21 Å². The summed E-state index contributed by atoms with van der Waals surface area (Å²) >= 11 is 5.19. The number of hydrogen-bond acceptors (Lipinski definition) is 7. The van der Waals surface area contributed by atoms with Gasteiger partial charge < -0.3 is 15.0 Å². The average molecular weight is 292 g/mol. The zero-order chi connectivity index (χ0) is 13.6. The van der Waals surface area contributed by atoms with Crippen LogP contribution in [0.25, 0.3) is 0 Å². The highest BCUT2D eigenvalue weighted by Crippen LogP contribution is 2.49. The minimum absolute atomic E-state index is 0.100. The molecule has 0 saturated heterocycles. The summed E-state index contributed by atoms with van der Waals surface area (Å²) in [6.07, 6.45) is 0. The van der Waals surface area contributed by atoms with Crippen LogP contribution in [0.15, 0.2) is 24.3 Å². The standard InChI is InChI=1S/C10H15NO5PS/c1-3-14-17(18,15-4-2)16-10-7-5-9(6-8-10)11(12)13/h5-8,12H,3-4H2,1-2H3/q-1. The average Bonchev–Trinajstić information content (AvgIpc) is 2.30. The Labute approximate surface area is 111 Å². The van der Waals surface area contributed by atoms with Crippen molar-refractivity contribution in [1.82, 2.24) is 0 Å². The molecule has 1 rings (SSSR count). The van der Waals surface area contributed by atoms with Crippen LogP contribution in [0.3, 0.4) is 0 Å². The summed E-state index contributed by atoms with van der Waals surface area (Å²) in [7, 11) is 0. The predicted octanol–water partition coefficient (Wildman–Crippen LogP) is 3.06. The lowest BCUT2D eigenvalue weighted by Gasteiger charge is -2.23. The molecular formula is C10H15NO5PS-. The van der Waals surface area contributed by atoms with Gasteiger partial charge in [-0.15, -0.1) is 0 Å². The molecule has 0 atom stereocenters. The zero-order valence-corrected chi connectivity index (χ0v) is 11.8. The van der Waals surface area contributed by atoms with Gasteiger partial charge in [0.05, 0.1) is 18.9 Å². The maximum atomic E-state index is 10.6. The van der Waals surface area contributed by atoms with Crippen molar-refractivity contribution in [1.29, 1.82) is 0 Å². The van der Waals surface area contributed by atoms with Gasteiger partial charge in [-0.05, 0) is 38.1 Å². The topological polar surface area (TPSA) is 74.2 Å². The molecule has 0 aliphatic heterocycles. The third-order valence-corrected chi connectivity index (χ3v) is 4.29. The van der Waals surface area contributed by atoms with E-state index in [-0.39, 0.29) is 10.9 Å². The SMILES string of the molecule is CCOP(=S)(OCC)Oc1ccc(N([O-])O)cc1. The highest BCUT2D eigenvalue weighted by atomic mass is 32.5. The van der Waals surface area contributed by atoms with Gasteiger partial charge in [0.25, 0.3) is 0 Å². The van der Waals surface area contributed by atoms with Crippen LogP contribution in [-0.4, -0.2) is 18.4 Å². The molecule has 6 nitrogen and oxygen atoms in total. The van der Waals surface area contributed by atoms with E-state index in [0.29, 0.717) is 19.0 Å². The fourth-order valence-electron chi connectivity index (χ4n) is 1.17. The molecule has 0 radical (unpaired) electrons. The van der Waals surface area contributed by atoms with E-state index < -0.39 is 6.72 Å². The molecule has 0 amide bonds. The summed E-state index contributed by atoms with van der Waals surface area (Å²) in [5.41, 5.74) is 0.100. The first-order chi connectivity index (χ1) is 8.50. The number of benzene rings is 1. The molecule has 0 aliphatic carbocycles. The van der Waals surface area contributed by atoms with Crippen LogP contribution in [-0.2, 0) is 20.9 Å². The molecule has 0 aliphatic rings. The number of nitrogens with zero attached hydrogens (tertiary/aromatic N) is 1. The van der Waals surface area contributed by atoms with Crippen LogP contribution in [0, 0.1) is 5.21 Å². The maximum Gasteiger partial charge on any atom is 0.380 e. The molecule has 1 aromatic rings. The quantitative estimate of drug-likeness (QED) is 0.611. The van der Waals surface area contributed by atoms with E-state index in [2.05, 4.69) is 0 Å². The van der Waals surface area contributed by atoms with Gasteiger partial charge >= 0.3 is 6.72 Å². The van der Waals surface area contributed by atoms with E-state index in [1.165, 1.54) is 24.3 Å². The number of rotatable bonds is 7. The van der Waals surface area contributed by atoms with Gasteiger partial charge in [-0.3, -0.25) is 14.3 Å². The highest BCUT2D eigenvalue weighted by Gasteiger charge is 2.20. The van der Waals surface area contributed by atoms with Crippen LogP contribution >= 0.6 is 6.72 Å². The molecule has 102 valence electrons. The van der Waals surface area contributed by atoms with Gasteiger partial charge in [-0.2, -0.15) is 0 Å². The summed E-state index contributed by atoms with van der Waals surface area (Å²) in [6, 6.07) is 5.82. The molecule has 1 aromatic carbocycles. The molecule has 0 aromatic heterocycles. The smallest absolute Gasteiger partial charge is 0.380 e. The zero-order valence-electron chi connectivity index (χ0n) is 10.1. The van der Waals surface area contributed by atoms with Crippen LogP contribution in [0.4, 0.5) is 5.69 Å². The van der Waals surface area contributed by atoms with Crippen molar-refractivity contribution in [3.63, 3.8) is 0 Å².